The Morgan fingerprint density at radius 1 is 1.24 bits per heavy atom. The Morgan fingerprint density at radius 2 is 1.88 bits per heavy atom. The number of hydrogen-bond donors (Lipinski definition) is 0. The normalized spacial score (nSPS) is 10.9. The fourth-order valence-electron chi connectivity index (χ4n) is 1.39. The lowest BCUT2D eigenvalue weighted by Crippen LogP contribution is -2.15. The molecule has 0 aliphatic heterocycles. The number of anilines is 1. The highest BCUT2D eigenvalue weighted by Crippen LogP contribution is 2.12. The molecule has 1 aromatic carbocycles. The maximum Gasteiger partial charge on any atom is 0.141 e. The van der Waals surface area contributed by atoms with E-state index in [9.17, 15) is 0 Å². The molecule has 5 heteroatoms. The van der Waals surface area contributed by atoms with Crippen molar-refractivity contribution in [2.75, 3.05) is 18.5 Å². The molecule has 0 saturated carbocycles. The predicted octanol–water partition coefficient (Wildman–Crippen LogP) is 1.62. The van der Waals surface area contributed by atoms with Crippen molar-refractivity contribution < 1.29 is 0 Å². The van der Waals surface area contributed by atoms with Crippen LogP contribution in [0.1, 0.15) is 12.5 Å². The van der Waals surface area contributed by atoms with E-state index in [1.54, 1.807) is 23.5 Å². The van der Waals surface area contributed by atoms with Crippen LogP contribution in [-0.4, -0.2) is 34.7 Å². The van der Waals surface area contributed by atoms with E-state index in [0.717, 1.165) is 12.1 Å². The summed E-state index contributed by atoms with van der Waals surface area (Å²) in [4.78, 5) is 2.18. The lowest BCUT2D eigenvalue weighted by molar-refractivity contribution is 0.878. The second kappa shape index (κ2) is 5.25. The van der Waals surface area contributed by atoms with Crippen LogP contribution in [0.3, 0.4) is 0 Å². The Labute approximate surface area is 100 Å². The number of benzene rings is 1. The van der Waals surface area contributed by atoms with Crippen LogP contribution in [0.5, 0.6) is 0 Å². The number of rotatable bonds is 4. The van der Waals surface area contributed by atoms with Gasteiger partial charge in [-0.2, -0.15) is 5.10 Å². The van der Waals surface area contributed by atoms with E-state index in [0.29, 0.717) is 0 Å². The van der Waals surface area contributed by atoms with Crippen LogP contribution in [0.25, 0.3) is 0 Å². The number of aromatic nitrogens is 3. The monoisotopic (exact) mass is 229 g/mol. The van der Waals surface area contributed by atoms with Crippen LogP contribution >= 0.6 is 0 Å². The van der Waals surface area contributed by atoms with Gasteiger partial charge in [-0.3, -0.25) is 0 Å². The maximum absolute atomic E-state index is 4.18. The Morgan fingerprint density at radius 3 is 2.47 bits per heavy atom. The van der Waals surface area contributed by atoms with Gasteiger partial charge in [-0.05, 0) is 24.6 Å². The fraction of sp³-hybridized carbons (Fsp3) is 0.250. The highest BCUT2D eigenvalue weighted by molar-refractivity contribution is 5.80. The predicted molar refractivity (Wildman–Crippen MR) is 68.4 cm³/mol. The number of nitrogens with zero attached hydrogens (tertiary/aromatic N) is 5. The smallest absolute Gasteiger partial charge is 0.141 e. The third-order valence-corrected chi connectivity index (χ3v) is 2.55. The molecule has 0 atom stereocenters. The zero-order valence-electron chi connectivity index (χ0n) is 9.98. The summed E-state index contributed by atoms with van der Waals surface area (Å²) in [6.45, 7) is 3.12. The zero-order chi connectivity index (χ0) is 12.1. The first-order valence-electron chi connectivity index (χ1n) is 5.50. The molecule has 0 unspecified atom stereocenters. The van der Waals surface area contributed by atoms with Crippen molar-refractivity contribution in [1.29, 1.82) is 0 Å². The van der Waals surface area contributed by atoms with Crippen molar-refractivity contribution in [3.05, 3.63) is 42.5 Å². The average Bonchev–Trinajstić information content (AvgIpc) is 2.89. The zero-order valence-corrected chi connectivity index (χ0v) is 9.98. The van der Waals surface area contributed by atoms with Gasteiger partial charge in [0.15, 0.2) is 0 Å². The van der Waals surface area contributed by atoms with Gasteiger partial charge in [0, 0.05) is 19.3 Å². The van der Waals surface area contributed by atoms with Gasteiger partial charge < -0.3 is 4.90 Å². The fourth-order valence-corrected chi connectivity index (χ4v) is 1.39. The molecule has 0 saturated heterocycles. The van der Waals surface area contributed by atoms with Crippen molar-refractivity contribution in [3.63, 3.8) is 0 Å². The first kappa shape index (κ1) is 11.3. The Kier molecular flexibility index (Phi) is 3.49. The van der Waals surface area contributed by atoms with E-state index in [2.05, 4.69) is 46.3 Å². The highest BCUT2D eigenvalue weighted by atomic mass is 15.4. The third-order valence-electron chi connectivity index (χ3n) is 2.55. The van der Waals surface area contributed by atoms with Crippen molar-refractivity contribution >= 4 is 11.9 Å². The summed E-state index contributed by atoms with van der Waals surface area (Å²) in [5.41, 5.74) is 2.25. The quantitative estimate of drug-likeness (QED) is 0.748. The van der Waals surface area contributed by atoms with Crippen LogP contribution in [0.2, 0.25) is 0 Å². The van der Waals surface area contributed by atoms with Gasteiger partial charge in [-0.25, -0.2) is 4.68 Å². The molecule has 0 amide bonds. The molecule has 2 rings (SSSR count). The molecule has 0 bridgehead atoms. The van der Waals surface area contributed by atoms with E-state index in [4.69, 9.17) is 0 Å². The van der Waals surface area contributed by atoms with E-state index in [1.807, 2.05) is 12.1 Å². The van der Waals surface area contributed by atoms with Crippen LogP contribution in [-0.2, 0) is 0 Å². The van der Waals surface area contributed by atoms with Crippen LogP contribution in [0.15, 0.2) is 42.0 Å². The van der Waals surface area contributed by atoms with Gasteiger partial charge in [0.05, 0.1) is 6.21 Å². The lowest BCUT2D eigenvalue weighted by atomic mass is 10.2. The van der Waals surface area contributed by atoms with Crippen LogP contribution in [0, 0.1) is 0 Å². The molecular weight excluding hydrogens is 214 g/mol. The molecule has 2 aromatic rings. The van der Waals surface area contributed by atoms with E-state index < -0.39 is 0 Å². The summed E-state index contributed by atoms with van der Waals surface area (Å²) in [6, 6.07) is 8.23. The molecule has 88 valence electrons. The largest absolute Gasteiger partial charge is 0.375 e. The summed E-state index contributed by atoms with van der Waals surface area (Å²) in [5.74, 6) is 0. The average molecular weight is 229 g/mol. The van der Waals surface area contributed by atoms with Crippen LogP contribution in [0.4, 0.5) is 5.69 Å². The van der Waals surface area contributed by atoms with Crippen molar-refractivity contribution in [1.82, 2.24) is 14.9 Å². The number of hydrogen-bond acceptors (Lipinski definition) is 4. The van der Waals surface area contributed by atoms with Gasteiger partial charge in [0.25, 0.3) is 0 Å². The topological polar surface area (TPSA) is 46.3 Å². The molecule has 17 heavy (non-hydrogen) atoms. The van der Waals surface area contributed by atoms with Gasteiger partial charge in [-0.1, -0.05) is 12.1 Å². The molecule has 0 radical (unpaired) electrons. The Balaban J connectivity index is 2.08. The van der Waals surface area contributed by atoms with Crippen molar-refractivity contribution in [2.45, 2.75) is 6.92 Å². The summed E-state index contributed by atoms with van der Waals surface area (Å²) >= 11 is 0. The minimum atomic E-state index is 0.994. The van der Waals surface area contributed by atoms with Gasteiger partial charge in [-0.15, -0.1) is 10.2 Å². The third kappa shape index (κ3) is 2.90. The Hall–Kier alpha value is -2.17. The van der Waals surface area contributed by atoms with Gasteiger partial charge in [0.2, 0.25) is 0 Å². The van der Waals surface area contributed by atoms with Crippen molar-refractivity contribution in [3.8, 4) is 0 Å². The summed E-state index contributed by atoms with van der Waals surface area (Å²) < 4.78 is 1.56. The molecule has 1 heterocycles. The summed E-state index contributed by atoms with van der Waals surface area (Å²) in [7, 11) is 2.07. The van der Waals surface area contributed by atoms with E-state index in [1.165, 1.54) is 5.69 Å². The second-order valence-corrected chi connectivity index (χ2v) is 3.69. The van der Waals surface area contributed by atoms with Gasteiger partial charge in [0.1, 0.15) is 12.7 Å². The highest BCUT2D eigenvalue weighted by Gasteiger charge is 1.96. The molecule has 0 spiro atoms. The van der Waals surface area contributed by atoms with E-state index in [-0.39, 0.29) is 0 Å². The Bertz CT molecular complexity index is 472. The summed E-state index contributed by atoms with van der Waals surface area (Å²) in [6.07, 6.45) is 4.88. The first-order chi connectivity index (χ1) is 8.29. The van der Waals surface area contributed by atoms with E-state index >= 15 is 0 Å². The van der Waals surface area contributed by atoms with Crippen molar-refractivity contribution in [2.24, 2.45) is 5.10 Å². The van der Waals surface area contributed by atoms with Gasteiger partial charge >= 0.3 is 0 Å². The molecule has 0 aliphatic carbocycles. The minimum absolute atomic E-state index is 0.994. The molecule has 0 aliphatic rings. The summed E-state index contributed by atoms with van der Waals surface area (Å²) in [5, 5.41) is 11.5. The standard InChI is InChI=1S/C12H15N5/c1-3-16(2)12-6-4-11(5-7-12)8-15-17-9-13-14-10-17/h4-10H,3H2,1-2H3/b15-8+. The van der Waals surface area contributed by atoms with Crippen LogP contribution < -0.4 is 4.90 Å². The SMILES string of the molecule is CCN(C)c1ccc(/C=N/n2cnnc2)cc1. The maximum atomic E-state index is 4.18. The molecular formula is C12H15N5. The first-order valence-corrected chi connectivity index (χ1v) is 5.50. The second-order valence-electron chi connectivity index (χ2n) is 3.69. The molecule has 1 aromatic heterocycles. The lowest BCUT2D eigenvalue weighted by Gasteiger charge is -2.16. The molecule has 5 nitrogen and oxygen atoms in total. The molecule has 0 N–H and O–H groups in total. The minimum Gasteiger partial charge on any atom is -0.375 e. The molecule has 0 fully saturated rings.